The molecule has 0 saturated heterocycles. The van der Waals surface area contributed by atoms with Gasteiger partial charge in [-0.2, -0.15) is 5.26 Å². The molecule has 3 atom stereocenters. The van der Waals surface area contributed by atoms with Gasteiger partial charge < -0.3 is 60.7 Å². The number of benzene rings is 6. The van der Waals surface area contributed by atoms with Crippen LogP contribution < -0.4 is 32.3 Å². The van der Waals surface area contributed by atoms with Gasteiger partial charge in [0.2, 0.25) is 11.8 Å². The molecule has 0 radical (unpaired) electrons. The van der Waals surface area contributed by atoms with E-state index in [1.807, 2.05) is 98.8 Å². The second-order valence-corrected chi connectivity index (χ2v) is 27.0. The molecule has 10 rings (SSSR count). The van der Waals surface area contributed by atoms with Crippen molar-refractivity contribution in [2.24, 2.45) is 31.5 Å². The Bertz CT molecular complexity index is 4290. The Morgan fingerprint density at radius 1 is 0.784 bits per heavy atom. The lowest BCUT2D eigenvalue weighted by Gasteiger charge is -2.38. The lowest BCUT2D eigenvalue weighted by Crippen LogP contribution is -2.51. The van der Waals surface area contributed by atoms with Crippen LogP contribution in [0.1, 0.15) is 117 Å². The van der Waals surface area contributed by atoms with Gasteiger partial charge in [0.15, 0.2) is 0 Å². The molecule has 0 spiro atoms. The van der Waals surface area contributed by atoms with Crippen molar-refractivity contribution in [2.45, 2.75) is 103 Å². The molecule has 97 heavy (non-hydrogen) atoms. The third-order valence-corrected chi connectivity index (χ3v) is 19.3. The highest BCUT2D eigenvalue weighted by atomic mass is 35.5. The number of nitrogens with two attached hydrogens (primary N) is 2. The average molecular weight is 1330 g/mol. The van der Waals surface area contributed by atoms with Gasteiger partial charge in [-0.05, 0) is 158 Å². The second-order valence-electron chi connectivity index (χ2n) is 26.5. The number of hydrogen-bond donors (Lipinski definition) is 6. The van der Waals surface area contributed by atoms with Crippen molar-refractivity contribution >= 4 is 64.4 Å². The van der Waals surface area contributed by atoms with E-state index in [1.54, 1.807) is 61.1 Å². The van der Waals surface area contributed by atoms with Gasteiger partial charge in [0, 0.05) is 103 Å². The van der Waals surface area contributed by atoms with Crippen molar-refractivity contribution in [1.29, 1.82) is 5.26 Å². The number of amides is 7. The van der Waals surface area contributed by atoms with Gasteiger partial charge in [-0.1, -0.05) is 104 Å². The highest BCUT2D eigenvalue weighted by molar-refractivity contribution is 6.31. The van der Waals surface area contributed by atoms with Gasteiger partial charge >= 0.3 is 12.1 Å². The normalized spacial score (nSPS) is 14.0. The van der Waals surface area contributed by atoms with Crippen LogP contribution in [-0.2, 0) is 54.5 Å². The van der Waals surface area contributed by atoms with Crippen LogP contribution in [-0.4, -0.2) is 123 Å². The maximum atomic E-state index is 15.6. The number of nitriles is 1. The summed E-state index contributed by atoms with van der Waals surface area (Å²) < 4.78 is 10.3. The molecular weight excluding hydrogens is 1240 g/mol. The summed E-state index contributed by atoms with van der Waals surface area (Å²) in [4.78, 5) is 89.0. The predicted molar refractivity (Wildman–Crippen MR) is 377 cm³/mol. The van der Waals surface area contributed by atoms with Crippen molar-refractivity contribution in [1.82, 2.24) is 29.6 Å². The zero-order valence-electron chi connectivity index (χ0n) is 56.5. The number of carbonyl (C=O) groups excluding carboxylic acids is 6. The van der Waals surface area contributed by atoms with E-state index in [9.17, 15) is 29.5 Å². The first-order valence-electron chi connectivity index (χ1n) is 32.8. The first kappa shape index (κ1) is 69.6. The smallest absolute Gasteiger partial charge is 0.409 e. The lowest BCUT2D eigenvalue weighted by molar-refractivity contribution is -0.903. The number of nitrogens with zero attached hydrogens (tertiary/aromatic N) is 7. The van der Waals surface area contributed by atoms with E-state index in [2.05, 4.69) is 72.5 Å². The molecule has 1 aliphatic carbocycles. The Kier molecular flexibility index (Phi) is 21.4. The first-order chi connectivity index (χ1) is 46.3. The maximum absolute atomic E-state index is 15.6. The number of nitrogens with one attached hydrogen (secondary N) is 3. The van der Waals surface area contributed by atoms with Crippen LogP contribution in [0.4, 0.5) is 26.7 Å². The van der Waals surface area contributed by atoms with Crippen molar-refractivity contribution in [3.8, 4) is 34.2 Å². The molecule has 8 aromatic rings. The summed E-state index contributed by atoms with van der Waals surface area (Å²) in [5, 5.41) is 29.0. The minimum Gasteiger partial charge on any atom is -0.508 e. The molecule has 0 saturated carbocycles. The molecule has 8 N–H and O–H groups in total. The highest BCUT2D eigenvalue weighted by Crippen LogP contribution is 2.45. The Morgan fingerprint density at radius 3 is 2.11 bits per heavy atom. The standard InChI is InChI=1S/C76H85ClN12O8/c1-46(2)70(79)72(92)83-67(25-16-34-81-75(80)95)71(91)82-54-28-26-51(52(36-54)42-84(5)76(96)97-45-66-61-23-14-12-21-59(61)60-22-13-15-24-62(60)66)44-89(8,9)35-17-20-56-37-49-18-10-11-19-50(49)43-87(56)73(93)63-33-27-53(77)38-65(63)69-40-64(47(3)86(69)7)74(94)88(55-29-31-58(90)32-30-55)68-39-57(41-78)85(6)48(68)4/h10-15,18-19,21-24,26-33,36,38-40,46,56,66-67,70H,16-17,20,25,34-35,37,42-45,79H2,1-9H3,(H5-,80,81,82,83,90,91,92,95)/p+1. The minimum atomic E-state index is -1.01. The van der Waals surface area contributed by atoms with Crippen molar-refractivity contribution in [3.63, 3.8) is 0 Å². The predicted octanol–water partition coefficient (Wildman–Crippen LogP) is 11.7. The third-order valence-electron chi connectivity index (χ3n) is 19.1. The summed E-state index contributed by atoms with van der Waals surface area (Å²) in [6, 6.07) is 44.6. The number of anilines is 3. The number of ether oxygens (including phenoxy) is 1. The van der Waals surface area contributed by atoms with Crippen molar-refractivity contribution in [2.75, 3.05) is 51.1 Å². The molecule has 6 aromatic carbocycles. The zero-order valence-corrected chi connectivity index (χ0v) is 57.2. The number of phenolic OH excluding ortho intramolecular Hbond substituents is 1. The van der Waals surface area contributed by atoms with Crippen LogP contribution in [0.3, 0.4) is 0 Å². The summed E-state index contributed by atoms with van der Waals surface area (Å²) in [7, 11) is 9.59. The SMILES string of the molecule is Cc1c(N(C(=O)c2cc(-c3cc(Cl)ccc3C(=O)N3Cc4ccccc4CC3CCC[N+](C)(C)Cc3ccc(NC(=O)C(CCCNC(N)=O)NC(=O)C(N)C(C)C)cc3CN(C)C(=O)OCC3c4ccccc4-c4ccccc43)n(C)c2C)c2ccc(O)cc2)cc(C#N)n1C. The Morgan fingerprint density at radius 2 is 1.45 bits per heavy atom. The molecule has 504 valence electrons. The van der Waals surface area contributed by atoms with Crippen molar-refractivity contribution < 1.29 is 43.1 Å². The van der Waals surface area contributed by atoms with Crippen LogP contribution in [0.2, 0.25) is 5.02 Å². The maximum Gasteiger partial charge on any atom is 0.409 e. The fourth-order valence-electron chi connectivity index (χ4n) is 13.3. The number of fused-ring (bicyclic) bond motifs is 4. The Hall–Kier alpha value is -10.2. The van der Waals surface area contributed by atoms with Crippen LogP contribution >= 0.6 is 11.6 Å². The van der Waals surface area contributed by atoms with E-state index in [0.29, 0.717) is 105 Å². The monoisotopic (exact) mass is 1330 g/mol. The number of halogens is 1. The van der Waals surface area contributed by atoms with Gasteiger partial charge in [-0.3, -0.25) is 24.1 Å². The fourth-order valence-corrected chi connectivity index (χ4v) is 13.5. The van der Waals surface area contributed by atoms with Crippen LogP contribution in [0.15, 0.2) is 146 Å². The van der Waals surface area contributed by atoms with E-state index >= 15 is 9.59 Å². The molecule has 0 fully saturated rings. The van der Waals surface area contributed by atoms with Crippen molar-refractivity contribution in [3.05, 3.63) is 212 Å². The number of carbonyl (C=O) groups is 6. The highest BCUT2D eigenvalue weighted by Gasteiger charge is 2.36. The van der Waals surface area contributed by atoms with Gasteiger partial charge in [-0.25, -0.2) is 9.59 Å². The van der Waals surface area contributed by atoms with Gasteiger partial charge in [0.25, 0.3) is 11.8 Å². The number of aromatic hydroxyl groups is 1. The van der Waals surface area contributed by atoms with Gasteiger partial charge in [0.05, 0.1) is 37.9 Å². The molecule has 7 amide bonds. The Balaban J connectivity index is 0.897. The number of aromatic nitrogens is 2. The number of phenols is 1. The van der Waals surface area contributed by atoms with E-state index in [1.165, 1.54) is 27.5 Å². The summed E-state index contributed by atoms with van der Waals surface area (Å²) >= 11 is 6.83. The van der Waals surface area contributed by atoms with E-state index in [4.69, 9.17) is 27.8 Å². The molecule has 0 bridgehead atoms. The topological polar surface area (TPSA) is 263 Å². The molecule has 3 unspecified atom stereocenters. The minimum absolute atomic E-state index is 0.0301. The van der Waals surface area contributed by atoms with Gasteiger partial charge in [0.1, 0.15) is 36.7 Å². The first-order valence-corrected chi connectivity index (χ1v) is 33.1. The second kappa shape index (κ2) is 29.8. The zero-order chi connectivity index (χ0) is 69.6. The number of urea groups is 1. The summed E-state index contributed by atoms with van der Waals surface area (Å²) in [5.41, 5.74) is 24.9. The molecule has 1 aliphatic heterocycles. The number of rotatable bonds is 24. The summed E-state index contributed by atoms with van der Waals surface area (Å²) in [6.07, 6.45) is 1.99. The number of quaternary nitrogens is 1. The summed E-state index contributed by atoms with van der Waals surface area (Å²) in [6.45, 7) is 9.34. The molecule has 2 aliphatic rings. The Labute approximate surface area is 571 Å². The molecule has 2 aromatic heterocycles. The number of primary amides is 1. The third kappa shape index (κ3) is 15.6. The van der Waals surface area contributed by atoms with Crippen LogP contribution in [0.25, 0.3) is 22.4 Å². The largest absolute Gasteiger partial charge is 0.508 e. The van der Waals surface area contributed by atoms with E-state index in [-0.39, 0.29) is 61.6 Å². The van der Waals surface area contributed by atoms with Crippen LogP contribution in [0, 0.1) is 31.1 Å². The number of hydrogen-bond acceptors (Lipinski definition) is 10. The molecule has 21 heteroatoms. The molecular formula is C76H86ClN12O8+. The van der Waals surface area contributed by atoms with Crippen LogP contribution in [0.5, 0.6) is 5.75 Å². The fraction of sp³-hybridized carbons (Fsp3) is 0.329. The molecule has 20 nitrogen and oxygen atoms in total. The van der Waals surface area contributed by atoms with E-state index < -0.39 is 36.0 Å². The summed E-state index contributed by atoms with van der Waals surface area (Å²) in [5.74, 6) is -1.86. The lowest BCUT2D eigenvalue weighted by atomic mass is 9.90. The van der Waals surface area contributed by atoms with E-state index in [0.717, 1.165) is 45.4 Å². The van der Waals surface area contributed by atoms with Gasteiger partial charge in [-0.15, -0.1) is 0 Å². The quantitative estimate of drug-likeness (QED) is 0.0246. The average Bonchev–Trinajstić information content (AvgIpc) is 1.74. The molecule has 3 heterocycles.